The smallest absolute Gasteiger partial charge is 0.206 e. The number of carbonyl (C=O) groups excluding carboxylic acids is 2. The van der Waals surface area contributed by atoms with E-state index < -0.39 is 5.92 Å². The topological polar surface area (TPSA) is 34.1 Å². The first-order chi connectivity index (χ1) is 6.85. The van der Waals surface area contributed by atoms with E-state index in [-0.39, 0.29) is 6.42 Å². The molecule has 1 atom stereocenters. The average molecular weight is 194 g/mol. The Morgan fingerprint density at radius 3 is 2.57 bits per heavy atom. The van der Waals surface area contributed by atoms with Crippen LogP contribution in [0.2, 0.25) is 0 Å². The first-order valence-electron chi connectivity index (χ1n) is 5.24. The summed E-state index contributed by atoms with van der Waals surface area (Å²) in [5, 5.41) is 0. The van der Waals surface area contributed by atoms with Gasteiger partial charge < -0.3 is 0 Å². The number of rotatable bonds is 9. The molecule has 0 heterocycles. The van der Waals surface area contributed by atoms with Crippen LogP contribution in [-0.2, 0) is 9.59 Å². The fraction of sp³-hybridized carbons (Fsp3) is 0.667. The lowest BCUT2D eigenvalue weighted by molar-refractivity contribution is 0.526. The molecule has 78 valence electrons. The Morgan fingerprint density at radius 2 is 2.00 bits per heavy atom. The van der Waals surface area contributed by atoms with E-state index in [0.717, 1.165) is 12.8 Å². The first kappa shape index (κ1) is 13.1. The molecule has 0 amide bonds. The minimum Gasteiger partial charge on any atom is -0.291 e. The van der Waals surface area contributed by atoms with Crippen LogP contribution in [0.5, 0.6) is 0 Å². The lowest BCUT2D eigenvalue weighted by Gasteiger charge is -1.97. The van der Waals surface area contributed by atoms with Crippen molar-refractivity contribution in [2.45, 2.75) is 45.4 Å². The van der Waals surface area contributed by atoms with Crippen LogP contribution in [0.3, 0.4) is 0 Å². The van der Waals surface area contributed by atoms with Gasteiger partial charge in [0, 0.05) is 6.42 Å². The fourth-order valence-electron chi connectivity index (χ4n) is 1.19. The molecule has 14 heavy (non-hydrogen) atoms. The van der Waals surface area contributed by atoms with Crippen molar-refractivity contribution in [2.24, 2.45) is 5.92 Å². The summed E-state index contributed by atoms with van der Waals surface area (Å²) >= 11 is 0. The van der Waals surface area contributed by atoms with Crippen LogP contribution in [0.25, 0.3) is 0 Å². The number of unbranched alkanes of at least 4 members (excludes halogenated alkanes) is 4. The van der Waals surface area contributed by atoms with Crippen molar-refractivity contribution in [3.8, 4) is 0 Å². The molecule has 2 radical (unpaired) electrons. The minimum absolute atomic E-state index is 0.134. The van der Waals surface area contributed by atoms with Crippen LogP contribution in [0.15, 0.2) is 12.2 Å². The van der Waals surface area contributed by atoms with Crippen LogP contribution >= 0.6 is 0 Å². The summed E-state index contributed by atoms with van der Waals surface area (Å²) in [5.41, 5.74) is 0. The molecule has 0 aromatic carbocycles. The third-order valence-electron chi connectivity index (χ3n) is 2.05. The molecule has 0 aliphatic carbocycles. The van der Waals surface area contributed by atoms with Crippen molar-refractivity contribution < 1.29 is 9.59 Å². The molecule has 2 nitrogen and oxygen atoms in total. The van der Waals surface area contributed by atoms with Gasteiger partial charge in [-0.05, 0) is 12.8 Å². The first-order valence-corrected chi connectivity index (χ1v) is 5.24. The second kappa shape index (κ2) is 10.2. The molecule has 0 aromatic rings. The molecule has 0 aliphatic heterocycles. The van der Waals surface area contributed by atoms with Crippen LogP contribution in [-0.4, -0.2) is 12.6 Å². The third-order valence-corrected chi connectivity index (χ3v) is 2.05. The zero-order chi connectivity index (χ0) is 10.6. The maximum absolute atomic E-state index is 10.3. The highest BCUT2D eigenvalue weighted by Gasteiger charge is 2.01. The second-order valence-corrected chi connectivity index (χ2v) is 3.35. The molecule has 0 bridgehead atoms. The van der Waals surface area contributed by atoms with Crippen LogP contribution in [0, 0.1) is 5.92 Å². The van der Waals surface area contributed by atoms with Crippen molar-refractivity contribution in [3.63, 3.8) is 0 Å². The van der Waals surface area contributed by atoms with Crippen molar-refractivity contribution in [1.82, 2.24) is 0 Å². The Labute approximate surface area is 86.4 Å². The van der Waals surface area contributed by atoms with Gasteiger partial charge in [-0.25, -0.2) is 0 Å². The molecule has 0 saturated carbocycles. The van der Waals surface area contributed by atoms with E-state index in [9.17, 15) is 9.59 Å². The van der Waals surface area contributed by atoms with E-state index in [1.54, 1.807) is 18.6 Å². The van der Waals surface area contributed by atoms with Gasteiger partial charge in [-0.3, -0.25) is 9.59 Å². The van der Waals surface area contributed by atoms with E-state index in [0.29, 0.717) is 0 Å². The Balaban J connectivity index is 3.48. The Kier molecular flexibility index (Phi) is 9.49. The van der Waals surface area contributed by atoms with Gasteiger partial charge in [0.25, 0.3) is 0 Å². The van der Waals surface area contributed by atoms with E-state index in [1.165, 1.54) is 19.3 Å². The SMILES string of the molecule is CCCCCC/C=C/C([C]=O)C[C]=O. The second-order valence-electron chi connectivity index (χ2n) is 3.35. The highest BCUT2D eigenvalue weighted by Crippen LogP contribution is 2.05. The highest BCUT2D eigenvalue weighted by molar-refractivity contribution is 5.64. The molecule has 0 saturated heterocycles. The lowest BCUT2D eigenvalue weighted by atomic mass is 10.1. The molecular weight excluding hydrogens is 176 g/mol. The number of hydrogen-bond acceptors (Lipinski definition) is 2. The number of allylic oxidation sites excluding steroid dienone is 2. The van der Waals surface area contributed by atoms with Gasteiger partial charge in [0.1, 0.15) is 0 Å². The van der Waals surface area contributed by atoms with Gasteiger partial charge in [0.15, 0.2) is 6.29 Å². The fourth-order valence-corrected chi connectivity index (χ4v) is 1.19. The van der Waals surface area contributed by atoms with Gasteiger partial charge in [0.05, 0.1) is 5.92 Å². The van der Waals surface area contributed by atoms with Crippen LogP contribution in [0.1, 0.15) is 45.4 Å². The average Bonchev–Trinajstić information content (AvgIpc) is 2.21. The van der Waals surface area contributed by atoms with Gasteiger partial charge in [-0.1, -0.05) is 38.3 Å². The molecule has 1 unspecified atom stereocenters. The van der Waals surface area contributed by atoms with E-state index >= 15 is 0 Å². The van der Waals surface area contributed by atoms with Crippen LogP contribution in [0.4, 0.5) is 0 Å². The van der Waals surface area contributed by atoms with Crippen molar-refractivity contribution >= 4 is 12.6 Å². The summed E-state index contributed by atoms with van der Waals surface area (Å²) in [7, 11) is 0. The maximum atomic E-state index is 10.3. The molecule has 0 spiro atoms. The normalized spacial score (nSPS) is 12.9. The summed E-state index contributed by atoms with van der Waals surface area (Å²) in [4.78, 5) is 20.3. The molecule has 0 fully saturated rings. The quantitative estimate of drug-likeness (QED) is 0.418. The van der Waals surface area contributed by atoms with Crippen LogP contribution < -0.4 is 0 Å². The zero-order valence-corrected chi connectivity index (χ0v) is 8.79. The third kappa shape index (κ3) is 7.71. The van der Waals surface area contributed by atoms with E-state index in [2.05, 4.69) is 6.92 Å². The predicted molar refractivity (Wildman–Crippen MR) is 57.4 cm³/mol. The molecular formula is C12H18O2. The van der Waals surface area contributed by atoms with E-state index in [4.69, 9.17) is 0 Å². The molecule has 0 rings (SSSR count). The minimum atomic E-state index is -0.390. The molecule has 0 aromatic heterocycles. The Bertz CT molecular complexity index is 173. The van der Waals surface area contributed by atoms with Gasteiger partial charge >= 0.3 is 0 Å². The monoisotopic (exact) mass is 194 g/mol. The summed E-state index contributed by atoms with van der Waals surface area (Å²) in [6.45, 7) is 2.17. The van der Waals surface area contributed by atoms with Gasteiger partial charge in [0.2, 0.25) is 6.29 Å². The highest BCUT2D eigenvalue weighted by atomic mass is 16.1. The molecule has 0 N–H and O–H groups in total. The Morgan fingerprint density at radius 1 is 1.21 bits per heavy atom. The van der Waals surface area contributed by atoms with Crippen molar-refractivity contribution in [1.29, 1.82) is 0 Å². The van der Waals surface area contributed by atoms with Gasteiger partial charge in [-0.2, -0.15) is 0 Å². The molecule has 0 aliphatic rings. The maximum Gasteiger partial charge on any atom is 0.206 e. The summed E-state index contributed by atoms with van der Waals surface area (Å²) in [6.07, 6.45) is 13.2. The predicted octanol–water partition coefficient (Wildman–Crippen LogP) is 2.74. The summed E-state index contributed by atoms with van der Waals surface area (Å²) in [6, 6.07) is 0. The largest absolute Gasteiger partial charge is 0.291 e. The summed E-state index contributed by atoms with van der Waals surface area (Å²) in [5.74, 6) is -0.390. The molecule has 2 heteroatoms. The van der Waals surface area contributed by atoms with Gasteiger partial charge in [-0.15, -0.1) is 0 Å². The Hall–Kier alpha value is -0.920. The standard InChI is InChI=1S/C12H18O2/c1-2-3-4-5-6-7-8-12(11-14)9-10-13/h7-8,12H,2-6,9H2,1H3/b8-7+. The van der Waals surface area contributed by atoms with E-state index in [1.807, 2.05) is 6.08 Å². The van der Waals surface area contributed by atoms with Crippen molar-refractivity contribution in [2.75, 3.05) is 0 Å². The zero-order valence-electron chi connectivity index (χ0n) is 8.79. The lowest BCUT2D eigenvalue weighted by Crippen LogP contribution is -1.97. The number of hydrogen-bond donors (Lipinski definition) is 0. The summed E-state index contributed by atoms with van der Waals surface area (Å²) < 4.78 is 0. The van der Waals surface area contributed by atoms with Crippen molar-refractivity contribution in [3.05, 3.63) is 12.2 Å².